The highest BCUT2D eigenvalue weighted by molar-refractivity contribution is 5.85. The molecular weight excluding hydrogens is 548 g/mol. The summed E-state index contributed by atoms with van der Waals surface area (Å²) in [7, 11) is 0. The predicted octanol–water partition coefficient (Wildman–Crippen LogP) is 6.99. The Hall–Kier alpha value is -5.82. The first-order valence-electron chi connectivity index (χ1n) is 13.4. The van der Waals surface area contributed by atoms with E-state index >= 15 is 0 Å². The van der Waals surface area contributed by atoms with Gasteiger partial charge in [-0.1, -0.05) is 48.5 Å². The Labute approximate surface area is 248 Å². The molecule has 0 radical (unpaired) electrons. The monoisotopic (exact) mass is 576 g/mol. The van der Waals surface area contributed by atoms with Crippen LogP contribution in [0.15, 0.2) is 107 Å². The van der Waals surface area contributed by atoms with E-state index < -0.39 is 12.2 Å². The Morgan fingerprint density at radius 3 is 1.19 bits per heavy atom. The first-order valence-corrected chi connectivity index (χ1v) is 13.4. The van der Waals surface area contributed by atoms with Gasteiger partial charge in [0, 0.05) is 17.8 Å². The lowest BCUT2D eigenvalue weighted by molar-refractivity contribution is 0.133. The number of carbonyl (C=O) groups is 2. The third-order valence-corrected chi connectivity index (χ3v) is 6.19. The number of rotatable bonds is 12. The van der Waals surface area contributed by atoms with E-state index in [-0.39, 0.29) is 13.2 Å². The second kappa shape index (κ2) is 15.8. The van der Waals surface area contributed by atoms with Crippen LogP contribution in [-0.4, -0.2) is 37.6 Å². The van der Waals surface area contributed by atoms with Crippen molar-refractivity contribution in [1.82, 2.24) is 0 Å². The van der Waals surface area contributed by atoms with E-state index in [0.29, 0.717) is 42.0 Å². The highest BCUT2D eigenvalue weighted by Gasteiger charge is 2.07. The van der Waals surface area contributed by atoms with Crippen molar-refractivity contribution in [2.75, 3.05) is 23.8 Å². The number of amides is 2. The molecule has 0 aliphatic heterocycles. The molecule has 0 unspecified atom stereocenters. The smallest absolute Gasteiger partial charge is 0.411 e. The number of benzene rings is 4. The van der Waals surface area contributed by atoms with Crippen molar-refractivity contribution in [2.45, 2.75) is 19.3 Å². The van der Waals surface area contributed by atoms with Gasteiger partial charge in [-0.25, -0.2) is 19.2 Å². The second-order valence-electron chi connectivity index (χ2n) is 9.36. The molecule has 0 atom stereocenters. The van der Waals surface area contributed by atoms with Gasteiger partial charge in [0.05, 0.1) is 24.6 Å². The molecule has 216 valence electrons. The fourth-order valence-corrected chi connectivity index (χ4v) is 4.06. The number of nitrogens with one attached hydrogen (secondary N) is 2. The standard InChI is InChI=1S/C33H28N4O6/c38-22-34-28-10-2-24(3-11-28)20-26-6-14-30(15-7-26)36-32(40)42-18-1-19-43-33(41)37-31-16-8-27(9-17-31)21-25-4-12-29(13-5-25)35-23-39/h2-17H,1,18-21H2,(H,36,40)(H,37,41). The van der Waals surface area contributed by atoms with Crippen LogP contribution in [0, 0.1) is 0 Å². The summed E-state index contributed by atoms with van der Waals surface area (Å²) in [5.74, 6) is 0. The average Bonchev–Trinajstić information content (AvgIpc) is 3.01. The van der Waals surface area contributed by atoms with Gasteiger partial charge in [-0.2, -0.15) is 9.98 Å². The molecule has 0 bridgehead atoms. The van der Waals surface area contributed by atoms with Gasteiger partial charge in [0.1, 0.15) is 0 Å². The third kappa shape index (κ3) is 10.3. The predicted molar refractivity (Wildman–Crippen MR) is 162 cm³/mol. The van der Waals surface area contributed by atoms with Crippen LogP contribution in [0.1, 0.15) is 28.7 Å². The molecule has 2 amide bonds. The Kier molecular flexibility index (Phi) is 11.1. The molecule has 0 saturated heterocycles. The molecular formula is C33H28N4O6. The van der Waals surface area contributed by atoms with E-state index in [2.05, 4.69) is 20.6 Å². The largest absolute Gasteiger partial charge is 0.449 e. The molecule has 0 aliphatic rings. The zero-order chi connectivity index (χ0) is 30.3. The Balaban J connectivity index is 1.10. The van der Waals surface area contributed by atoms with Crippen molar-refractivity contribution in [2.24, 2.45) is 9.98 Å². The van der Waals surface area contributed by atoms with E-state index in [0.717, 1.165) is 22.3 Å². The van der Waals surface area contributed by atoms with E-state index in [1.807, 2.05) is 48.5 Å². The van der Waals surface area contributed by atoms with Crippen LogP contribution in [0.3, 0.4) is 0 Å². The molecule has 4 aromatic rings. The minimum absolute atomic E-state index is 0.0819. The van der Waals surface area contributed by atoms with Gasteiger partial charge in [0.2, 0.25) is 12.2 Å². The summed E-state index contributed by atoms with van der Waals surface area (Å²) in [4.78, 5) is 52.0. The van der Waals surface area contributed by atoms with Crippen LogP contribution in [-0.2, 0) is 31.9 Å². The van der Waals surface area contributed by atoms with Crippen molar-refractivity contribution in [3.8, 4) is 0 Å². The normalized spacial score (nSPS) is 10.0. The molecule has 4 rings (SSSR count). The molecule has 0 aliphatic carbocycles. The van der Waals surface area contributed by atoms with E-state index in [9.17, 15) is 19.2 Å². The first kappa shape index (κ1) is 30.1. The van der Waals surface area contributed by atoms with Crippen molar-refractivity contribution in [1.29, 1.82) is 0 Å². The van der Waals surface area contributed by atoms with E-state index in [1.54, 1.807) is 48.5 Å². The number of ether oxygens (including phenoxy) is 2. The quantitative estimate of drug-likeness (QED) is 0.106. The number of aliphatic imine (C=N–C) groups is 2. The fraction of sp³-hybridized carbons (Fsp3) is 0.152. The Morgan fingerprint density at radius 2 is 0.860 bits per heavy atom. The van der Waals surface area contributed by atoms with Crippen molar-refractivity contribution >= 4 is 47.1 Å². The van der Waals surface area contributed by atoms with Crippen LogP contribution in [0.25, 0.3) is 0 Å². The molecule has 43 heavy (non-hydrogen) atoms. The van der Waals surface area contributed by atoms with Crippen LogP contribution in [0.5, 0.6) is 0 Å². The zero-order valence-electron chi connectivity index (χ0n) is 23.1. The van der Waals surface area contributed by atoms with Crippen LogP contribution >= 0.6 is 0 Å². The molecule has 4 aromatic carbocycles. The molecule has 0 aromatic heterocycles. The van der Waals surface area contributed by atoms with Gasteiger partial charge >= 0.3 is 12.2 Å². The molecule has 0 fully saturated rings. The first-order chi connectivity index (χ1) is 21.0. The maximum Gasteiger partial charge on any atom is 0.411 e. The summed E-state index contributed by atoms with van der Waals surface area (Å²) in [6, 6.07) is 29.3. The van der Waals surface area contributed by atoms with Gasteiger partial charge in [-0.3, -0.25) is 10.6 Å². The van der Waals surface area contributed by atoms with Crippen molar-refractivity contribution in [3.63, 3.8) is 0 Å². The lowest BCUT2D eigenvalue weighted by Crippen LogP contribution is -2.17. The highest BCUT2D eigenvalue weighted by atomic mass is 16.6. The maximum atomic E-state index is 12.1. The molecule has 0 saturated carbocycles. The summed E-state index contributed by atoms with van der Waals surface area (Å²) in [5, 5.41) is 5.33. The number of nitrogens with zero attached hydrogens (tertiary/aromatic N) is 2. The fourth-order valence-electron chi connectivity index (χ4n) is 4.06. The summed E-state index contributed by atoms with van der Waals surface area (Å²) >= 11 is 0. The summed E-state index contributed by atoms with van der Waals surface area (Å²) in [6.07, 6.45) is 3.54. The Morgan fingerprint density at radius 1 is 0.535 bits per heavy atom. The SMILES string of the molecule is O=C=Nc1ccc(Cc2ccc(NC(=O)OCCCOC(=O)Nc3ccc(Cc4ccc(N=C=O)cc4)cc3)cc2)cc1. The maximum absolute atomic E-state index is 12.1. The van der Waals surface area contributed by atoms with Crippen molar-refractivity contribution in [3.05, 3.63) is 119 Å². The highest BCUT2D eigenvalue weighted by Crippen LogP contribution is 2.19. The molecule has 0 spiro atoms. The van der Waals surface area contributed by atoms with Crippen LogP contribution in [0.4, 0.5) is 32.3 Å². The number of hydrogen-bond donors (Lipinski definition) is 2. The van der Waals surface area contributed by atoms with Gasteiger partial charge in [-0.05, 0) is 83.6 Å². The van der Waals surface area contributed by atoms with Gasteiger partial charge in [0.25, 0.3) is 0 Å². The van der Waals surface area contributed by atoms with E-state index in [4.69, 9.17) is 9.47 Å². The number of hydrogen-bond acceptors (Lipinski definition) is 8. The lowest BCUT2D eigenvalue weighted by Gasteiger charge is -2.10. The minimum Gasteiger partial charge on any atom is -0.449 e. The summed E-state index contributed by atoms with van der Waals surface area (Å²) in [6.45, 7) is 0.164. The molecule has 10 nitrogen and oxygen atoms in total. The summed E-state index contributed by atoms with van der Waals surface area (Å²) < 4.78 is 10.3. The number of isocyanates is 2. The number of carbonyl (C=O) groups excluding carboxylic acids is 4. The lowest BCUT2D eigenvalue weighted by atomic mass is 10.0. The third-order valence-electron chi connectivity index (χ3n) is 6.19. The average molecular weight is 577 g/mol. The minimum atomic E-state index is -0.603. The van der Waals surface area contributed by atoms with Crippen LogP contribution < -0.4 is 10.6 Å². The van der Waals surface area contributed by atoms with E-state index in [1.165, 1.54) is 12.2 Å². The van der Waals surface area contributed by atoms with Crippen LogP contribution in [0.2, 0.25) is 0 Å². The topological polar surface area (TPSA) is 136 Å². The van der Waals surface area contributed by atoms with Gasteiger partial charge < -0.3 is 9.47 Å². The van der Waals surface area contributed by atoms with Gasteiger partial charge in [-0.15, -0.1) is 0 Å². The zero-order valence-corrected chi connectivity index (χ0v) is 23.1. The van der Waals surface area contributed by atoms with Gasteiger partial charge in [0.15, 0.2) is 0 Å². The molecule has 2 N–H and O–H groups in total. The molecule has 0 heterocycles. The number of anilines is 2. The second-order valence-corrected chi connectivity index (χ2v) is 9.36. The Bertz CT molecular complexity index is 1480. The van der Waals surface area contributed by atoms with Crippen molar-refractivity contribution < 1.29 is 28.7 Å². The molecule has 10 heteroatoms. The summed E-state index contributed by atoms with van der Waals surface area (Å²) in [5.41, 5.74) is 6.50.